The number of hydrogen-bond donors (Lipinski definition) is 1. The van der Waals surface area contributed by atoms with Crippen molar-refractivity contribution in [1.82, 2.24) is 4.98 Å². The molecule has 0 radical (unpaired) electrons. The zero-order valence-electron chi connectivity index (χ0n) is 6.33. The molecule has 0 saturated carbocycles. The van der Waals surface area contributed by atoms with Crippen molar-refractivity contribution >= 4 is 0 Å². The lowest BCUT2D eigenvalue weighted by atomic mass is 9.94. The van der Waals surface area contributed by atoms with Crippen LogP contribution in [0.5, 0.6) is 0 Å². The predicted molar refractivity (Wildman–Crippen MR) is 42.3 cm³/mol. The zero-order valence-corrected chi connectivity index (χ0v) is 6.33. The summed E-state index contributed by atoms with van der Waals surface area (Å²) in [6, 6.07) is 3.97. The summed E-state index contributed by atoms with van der Waals surface area (Å²) in [7, 11) is 0. The van der Waals surface area contributed by atoms with Crippen molar-refractivity contribution in [2.75, 3.05) is 0 Å². The Morgan fingerprint density at radius 3 is 3.36 bits per heavy atom. The van der Waals surface area contributed by atoms with Crippen molar-refractivity contribution in [3.05, 3.63) is 29.6 Å². The molecule has 1 aliphatic rings. The molecule has 1 aliphatic carbocycles. The lowest BCUT2D eigenvalue weighted by Gasteiger charge is -2.18. The molecule has 1 unspecified atom stereocenters. The van der Waals surface area contributed by atoms with Gasteiger partial charge < -0.3 is 5.11 Å². The first-order chi connectivity index (χ1) is 5.36. The van der Waals surface area contributed by atoms with E-state index in [-0.39, 0.29) is 6.10 Å². The van der Waals surface area contributed by atoms with Crippen LogP contribution >= 0.6 is 0 Å². The molecule has 0 fully saturated rings. The smallest absolute Gasteiger partial charge is 0.0585 e. The lowest BCUT2D eigenvalue weighted by molar-refractivity contribution is 0.157. The lowest BCUT2D eigenvalue weighted by Crippen LogP contribution is -2.19. The number of pyridine rings is 1. The van der Waals surface area contributed by atoms with Gasteiger partial charge in [0.25, 0.3) is 0 Å². The monoisotopic (exact) mass is 149 g/mol. The SMILES string of the molecule is OC1CCc2ncccc2C1. The van der Waals surface area contributed by atoms with Crippen molar-refractivity contribution in [2.24, 2.45) is 0 Å². The van der Waals surface area contributed by atoms with E-state index < -0.39 is 0 Å². The average molecular weight is 149 g/mol. The molecule has 58 valence electrons. The number of aliphatic hydroxyl groups excluding tert-OH is 1. The van der Waals surface area contributed by atoms with Crippen LogP contribution in [0.1, 0.15) is 17.7 Å². The second-order valence-corrected chi connectivity index (χ2v) is 3.01. The van der Waals surface area contributed by atoms with Gasteiger partial charge in [0.05, 0.1) is 6.10 Å². The van der Waals surface area contributed by atoms with E-state index in [1.54, 1.807) is 0 Å². The summed E-state index contributed by atoms with van der Waals surface area (Å²) >= 11 is 0. The van der Waals surface area contributed by atoms with Gasteiger partial charge in [-0.05, 0) is 24.5 Å². The van der Waals surface area contributed by atoms with Crippen molar-refractivity contribution in [1.29, 1.82) is 0 Å². The normalized spacial score (nSPS) is 22.8. The zero-order chi connectivity index (χ0) is 7.68. The molecule has 1 heterocycles. The Kier molecular flexibility index (Phi) is 1.62. The molecule has 2 nitrogen and oxygen atoms in total. The standard InChI is InChI=1S/C9H11NO/c11-8-3-4-9-7(6-8)2-1-5-10-9/h1-2,5,8,11H,3-4,6H2. The first-order valence-corrected chi connectivity index (χ1v) is 3.97. The van der Waals surface area contributed by atoms with Gasteiger partial charge in [-0.25, -0.2) is 0 Å². The topological polar surface area (TPSA) is 33.1 Å². The summed E-state index contributed by atoms with van der Waals surface area (Å²) in [4.78, 5) is 4.24. The van der Waals surface area contributed by atoms with Crippen molar-refractivity contribution in [3.8, 4) is 0 Å². The predicted octanol–water partition coefficient (Wildman–Crippen LogP) is 0.931. The van der Waals surface area contributed by atoms with Crippen LogP contribution in [0, 0.1) is 0 Å². The van der Waals surface area contributed by atoms with Gasteiger partial charge in [-0.15, -0.1) is 0 Å². The molecule has 1 atom stereocenters. The highest BCUT2D eigenvalue weighted by Gasteiger charge is 2.15. The maximum atomic E-state index is 9.33. The first kappa shape index (κ1) is 6.80. The molecule has 0 bridgehead atoms. The van der Waals surface area contributed by atoms with Gasteiger partial charge in [0.15, 0.2) is 0 Å². The first-order valence-electron chi connectivity index (χ1n) is 3.97. The van der Waals surface area contributed by atoms with Gasteiger partial charge in [0, 0.05) is 18.3 Å². The fourth-order valence-electron chi connectivity index (χ4n) is 1.54. The van der Waals surface area contributed by atoms with E-state index in [0.29, 0.717) is 0 Å². The number of aromatic nitrogens is 1. The van der Waals surface area contributed by atoms with E-state index in [9.17, 15) is 5.11 Å². The van der Waals surface area contributed by atoms with Gasteiger partial charge in [-0.3, -0.25) is 4.98 Å². The number of hydrogen-bond acceptors (Lipinski definition) is 2. The van der Waals surface area contributed by atoms with Crippen molar-refractivity contribution in [2.45, 2.75) is 25.4 Å². The highest BCUT2D eigenvalue weighted by molar-refractivity contribution is 5.23. The van der Waals surface area contributed by atoms with Gasteiger partial charge in [-0.2, -0.15) is 0 Å². The minimum atomic E-state index is -0.147. The second kappa shape index (κ2) is 2.62. The Hall–Kier alpha value is -0.890. The maximum absolute atomic E-state index is 9.33. The number of aliphatic hydroxyl groups is 1. The fraction of sp³-hybridized carbons (Fsp3) is 0.444. The van der Waals surface area contributed by atoms with Gasteiger partial charge >= 0.3 is 0 Å². The van der Waals surface area contributed by atoms with Crippen LogP contribution in [-0.4, -0.2) is 16.2 Å². The molecule has 1 N–H and O–H groups in total. The minimum absolute atomic E-state index is 0.147. The van der Waals surface area contributed by atoms with Crippen LogP contribution in [0.15, 0.2) is 18.3 Å². The summed E-state index contributed by atoms with van der Waals surface area (Å²) in [5.74, 6) is 0. The summed E-state index contributed by atoms with van der Waals surface area (Å²) in [5.41, 5.74) is 2.38. The van der Waals surface area contributed by atoms with E-state index in [1.807, 2.05) is 18.3 Å². The summed E-state index contributed by atoms with van der Waals surface area (Å²) in [6.45, 7) is 0. The molecule has 0 aliphatic heterocycles. The summed E-state index contributed by atoms with van der Waals surface area (Å²) in [5, 5.41) is 9.33. The third-order valence-electron chi connectivity index (χ3n) is 2.15. The Labute approximate surface area is 65.9 Å². The number of aryl methyl sites for hydroxylation is 1. The van der Waals surface area contributed by atoms with Gasteiger partial charge in [0.2, 0.25) is 0 Å². The van der Waals surface area contributed by atoms with Crippen LogP contribution in [0.3, 0.4) is 0 Å². The van der Waals surface area contributed by atoms with Crippen molar-refractivity contribution in [3.63, 3.8) is 0 Å². The van der Waals surface area contributed by atoms with E-state index in [4.69, 9.17) is 0 Å². The van der Waals surface area contributed by atoms with E-state index >= 15 is 0 Å². The van der Waals surface area contributed by atoms with Crippen LogP contribution in [-0.2, 0) is 12.8 Å². The molecule has 1 aromatic rings. The van der Waals surface area contributed by atoms with Gasteiger partial charge in [-0.1, -0.05) is 6.07 Å². The molecule has 11 heavy (non-hydrogen) atoms. The highest BCUT2D eigenvalue weighted by Crippen LogP contribution is 2.18. The molecule has 0 saturated heterocycles. The Morgan fingerprint density at radius 1 is 1.55 bits per heavy atom. The average Bonchev–Trinajstić information content (AvgIpc) is 2.04. The second-order valence-electron chi connectivity index (χ2n) is 3.01. The van der Waals surface area contributed by atoms with Crippen LogP contribution in [0.4, 0.5) is 0 Å². The number of nitrogens with zero attached hydrogens (tertiary/aromatic N) is 1. The summed E-state index contributed by atoms with van der Waals surface area (Å²) < 4.78 is 0. The van der Waals surface area contributed by atoms with E-state index in [1.165, 1.54) is 5.56 Å². The minimum Gasteiger partial charge on any atom is -0.393 e. The molecule has 0 amide bonds. The van der Waals surface area contributed by atoms with Gasteiger partial charge in [0.1, 0.15) is 0 Å². The molecule has 2 heteroatoms. The molecule has 0 aromatic carbocycles. The molecule has 1 aromatic heterocycles. The molecule has 2 rings (SSSR count). The summed E-state index contributed by atoms with van der Waals surface area (Å²) in [6.07, 6.45) is 4.24. The Bertz CT molecular complexity index is 259. The quantitative estimate of drug-likeness (QED) is 0.595. The van der Waals surface area contributed by atoms with Crippen LogP contribution in [0.25, 0.3) is 0 Å². The van der Waals surface area contributed by atoms with E-state index in [2.05, 4.69) is 4.98 Å². The largest absolute Gasteiger partial charge is 0.393 e. The number of rotatable bonds is 0. The van der Waals surface area contributed by atoms with E-state index in [0.717, 1.165) is 25.0 Å². The Morgan fingerprint density at radius 2 is 2.45 bits per heavy atom. The fourth-order valence-corrected chi connectivity index (χ4v) is 1.54. The molecular formula is C9H11NO. The third kappa shape index (κ3) is 1.26. The molecule has 0 spiro atoms. The highest BCUT2D eigenvalue weighted by atomic mass is 16.3. The Balaban J connectivity index is 2.34. The maximum Gasteiger partial charge on any atom is 0.0585 e. The van der Waals surface area contributed by atoms with Crippen LogP contribution < -0.4 is 0 Å². The number of fused-ring (bicyclic) bond motifs is 1. The molecular weight excluding hydrogens is 138 g/mol. The van der Waals surface area contributed by atoms with Crippen LogP contribution in [0.2, 0.25) is 0 Å². The van der Waals surface area contributed by atoms with Crippen molar-refractivity contribution < 1.29 is 5.11 Å². The third-order valence-corrected chi connectivity index (χ3v) is 2.15.